The smallest absolute Gasteiger partial charge is 0.162 e. The molecule has 8 aromatic carbocycles. The Kier molecular flexibility index (Phi) is 7.45. The molecule has 0 unspecified atom stereocenters. The summed E-state index contributed by atoms with van der Waals surface area (Å²) in [5.41, 5.74) is 17.2. The maximum absolute atomic E-state index is 5.57. The Labute approximate surface area is 348 Å². The number of nitrogens with zero attached hydrogens (tertiary/aromatic N) is 4. The van der Waals surface area contributed by atoms with Crippen LogP contribution in [0.3, 0.4) is 0 Å². The van der Waals surface area contributed by atoms with Crippen LogP contribution in [0.25, 0.3) is 100 Å². The Morgan fingerprint density at radius 1 is 0.417 bits per heavy atom. The number of aryl methyl sites for hydroxylation is 1. The summed E-state index contributed by atoms with van der Waals surface area (Å²) in [7, 11) is 0. The summed E-state index contributed by atoms with van der Waals surface area (Å²) in [5.74, 6) is 1.52. The van der Waals surface area contributed by atoms with Gasteiger partial charge in [-0.25, -0.2) is 9.97 Å². The van der Waals surface area contributed by atoms with Crippen molar-refractivity contribution in [3.8, 4) is 56.4 Å². The lowest BCUT2D eigenvalue weighted by molar-refractivity contribution is 0.660. The van der Waals surface area contributed by atoms with E-state index < -0.39 is 0 Å². The van der Waals surface area contributed by atoms with E-state index in [4.69, 9.17) is 9.97 Å². The Morgan fingerprint density at radius 2 is 1.03 bits per heavy atom. The maximum atomic E-state index is 5.57. The number of hydrogen-bond donors (Lipinski definition) is 0. The van der Waals surface area contributed by atoms with Gasteiger partial charge in [0.05, 0.1) is 27.8 Å². The third-order valence-electron chi connectivity index (χ3n) is 12.8. The molecule has 4 nitrogen and oxygen atoms in total. The number of benzene rings is 8. The van der Waals surface area contributed by atoms with E-state index in [1.807, 2.05) is 0 Å². The molecule has 0 aliphatic heterocycles. The second kappa shape index (κ2) is 13.0. The van der Waals surface area contributed by atoms with Gasteiger partial charge in [-0.2, -0.15) is 0 Å². The zero-order chi connectivity index (χ0) is 40.1. The molecule has 0 spiro atoms. The molecule has 0 amide bonds. The van der Waals surface area contributed by atoms with Gasteiger partial charge in [-0.15, -0.1) is 0 Å². The van der Waals surface area contributed by atoms with Crippen LogP contribution in [0.1, 0.15) is 30.5 Å². The van der Waals surface area contributed by atoms with Crippen LogP contribution in [0.15, 0.2) is 188 Å². The summed E-state index contributed by atoms with van der Waals surface area (Å²) in [6, 6.07) is 68.2. The van der Waals surface area contributed by atoms with E-state index in [9.17, 15) is 0 Å². The lowest BCUT2D eigenvalue weighted by atomic mass is 9.82. The molecule has 0 radical (unpaired) electrons. The fraction of sp³-hybridized carbons (Fsp3) is 0.0714. The summed E-state index contributed by atoms with van der Waals surface area (Å²) in [6.07, 6.45) is 0. The van der Waals surface area contributed by atoms with Gasteiger partial charge in [-0.1, -0.05) is 171 Å². The van der Waals surface area contributed by atoms with Crippen LogP contribution in [0.2, 0.25) is 0 Å². The molecule has 0 saturated heterocycles. The summed E-state index contributed by atoms with van der Waals surface area (Å²) in [5, 5.41) is 4.76. The molecule has 11 aromatic rings. The maximum Gasteiger partial charge on any atom is 0.162 e. The molecule has 0 N–H and O–H groups in total. The Hall–Kier alpha value is -7.56. The van der Waals surface area contributed by atoms with Crippen molar-refractivity contribution in [2.24, 2.45) is 0 Å². The first-order valence-corrected chi connectivity index (χ1v) is 20.7. The number of aromatic nitrogens is 4. The van der Waals surface area contributed by atoms with Gasteiger partial charge in [0.15, 0.2) is 5.82 Å². The molecule has 284 valence electrons. The molecule has 12 rings (SSSR count). The monoisotopic (exact) mass is 768 g/mol. The average molecular weight is 769 g/mol. The van der Waals surface area contributed by atoms with E-state index in [2.05, 4.69) is 218 Å². The van der Waals surface area contributed by atoms with Crippen LogP contribution in [0.5, 0.6) is 0 Å². The van der Waals surface area contributed by atoms with Crippen LogP contribution in [-0.2, 0) is 5.41 Å². The van der Waals surface area contributed by atoms with Crippen molar-refractivity contribution in [1.29, 1.82) is 0 Å². The minimum Gasteiger partial charge on any atom is -0.307 e. The van der Waals surface area contributed by atoms with Gasteiger partial charge < -0.3 is 4.57 Å². The van der Waals surface area contributed by atoms with Crippen molar-refractivity contribution in [3.63, 3.8) is 0 Å². The Balaban J connectivity index is 1.18. The first-order chi connectivity index (χ1) is 29.4. The van der Waals surface area contributed by atoms with Crippen LogP contribution in [0, 0.1) is 6.92 Å². The Bertz CT molecular complexity index is 3510. The summed E-state index contributed by atoms with van der Waals surface area (Å²) in [6.45, 7) is 6.77. The highest BCUT2D eigenvalue weighted by atomic mass is 15.1. The molecule has 0 fully saturated rings. The van der Waals surface area contributed by atoms with Gasteiger partial charge in [0.25, 0.3) is 0 Å². The molecule has 0 saturated carbocycles. The second-order valence-corrected chi connectivity index (χ2v) is 16.7. The summed E-state index contributed by atoms with van der Waals surface area (Å²) in [4.78, 5) is 10.9. The molecule has 60 heavy (non-hydrogen) atoms. The standard InChI is InChI=1S/C56H40N4/c1-35-24-26-37(27-25-35)49-34-52(58-55(57-49)39-28-31-48-46(33-39)41-18-7-10-21-47(41)56(48,2)3)60-51-23-12-9-20-43(51)45-30-29-44-42-19-8-11-22-50(42)59(53(44)54(45)60)40-17-13-16-38(32-40)36-14-5-4-6-15-36/h4-34H,1-3H3. The van der Waals surface area contributed by atoms with Gasteiger partial charge in [-0.3, -0.25) is 4.57 Å². The number of hydrogen-bond acceptors (Lipinski definition) is 2. The molecule has 1 aliphatic carbocycles. The van der Waals surface area contributed by atoms with E-state index in [-0.39, 0.29) is 5.41 Å². The van der Waals surface area contributed by atoms with E-state index in [0.29, 0.717) is 5.82 Å². The van der Waals surface area contributed by atoms with Crippen molar-refractivity contribution in [1.82, 2.24) is 19.1 Å². The van der Waals surface area contributed by atoms with Gasteiger partial charge in [0, 0.05) is 49.8 Å². The first kappa shape index (κ1) is 34.5. The molecular formula is C56H40N4. The third-order valence-corrected chi connectivity index (χ3v) is 12.8. The summed E-state index contributed by atoms with van der Waals surface area (Å²) < 4.78 is 4.84. The van der Waals surface area contributed by atoms with E-state index in [0.717, 1.165) is 50.4 Å². The van der Waals surface area contributed by atoms with Crippen molar-refractivity contribution in [3.05, 3.63) is 205 Å². The van der Waals surface area contributed by atoms with Crippen molar-refractivity contribution in [2.75, 3.05) is 0 Å². The molecular weight excluding hydrogens is 729 g/mol. The van der Waals surface area contributed by atoms with Crippen molar-refractivity contribution in [2.45, 2.75) is 26.2 Å². The van der Waals surface area contributed by atoms with Crippen molar-refractivity contribution < 1.29 is 0 Å². The largest absolute Gasteiger partial charge is 0.307 e. The topological polar surface area (TPSA) is 35.6 Å². The number of para-hydroxylation sites is 2. The molecule has 4 heteroatoms. The molecule has 0 atom stereocenters. The Morgan fingerprint density at radius 3 is 1.80 bits per heavy atom. The normalized spacial score (nSPS) is 13.1. The SMILES string of the molecule is Cc1ccc(-c2cc(-n3c4ccccc4c4ccc5c6ccccc6n(-c6cccc(-c7ccccc7)c6)c5c43)nc(-c3ccc4c(c3)-c3ccccc3C4(C)C)n2)cc1. The lowest BCUT2D eigenvalue weighted by Gasteiger charge is -2.21. The third kappa shape index (κ3) is 5.10. The predicted molar refractivity (Wildman–Crippen MR) is 249 cm³/mol. The predicted octanol–water partition coefficient (Wildman–Crippen LogP) is 14.3. The zero-order valence-electron chi connectivity index (χ0n) is 33.7. The highest BCUT2D eigenvalue weighted by molar-refractivity contribution is 6.23. The van der Waals surface area contributed by atoms with E-state index in [1.54, 1.807) is 0 Å². The highest BCUT2D eigenvalue weighted by Gasteiger charge is 2.35. The fourth-order valence-electron chi connectivity index (χ4n) is 9.87. The second-order valence-electron chi connectivity index (χ2n) is 16.7. The van der Waals surface area contributed by atoms with Gasteiger partial charge in [0.1, 0.15) is 5.82 Å². The lowest BCUT2D eigenvalue weighted by Crippen LogP contribution is -2.14. The minimum atomic E-state index is -0.0896. The van der Waals surface area contributed by atoms with Crippen LogP contribution in [0.4, 0.5) is 0 Å². The number of fused-ring (bicyclic) bond motifs is 10. The average Bonchev–Trinajstić information content (AvgIpc) is 3.90. The molecule has 3 aromatic heterocycles. The molecule has 0 bridgehead atoms. The van der Waals surface area contributed by atoms with Crippen LogP contribution < -0.4 is 0 Å². The highest BCUT2D eigenvalue weighted by Crippen LogP contribution is 2.49. The number of rotatable bonds is 5. The van der Waals surface area contributed by atoms with Gasteiger partial charge >= 0.3 is 0 Å². The summed E-state index contributed by atoms with van der Waals surface area (Å²) >= 11 is 0. The minimum absolute atomic E-state index is 0.0896. The molecule has 1 aliphatic rings. The van der Waals surface area contributed by atoms with Crippen LogP contribution >= 0.6 is 0 Å². The van der Waals surface area contributed by atoms with Gasteiger partial charge in [0.2, 0.25) is 0 Å². The van der Waals surface area contributed by atoms with E-state index in [1.165, 1.54) is 60.5 Å². The fourth-order valence-corrected chi connectivity index (χ4v) is 9.87. The zero-order valence-corrected chi connectivity index (χ0v) is 33.7. The van der Waals surface area contributed by atoms with Gasteiger partial charge in [-0.05, 0) is 70.6 Å². The van der Waals surface area contributed by atoms with Crippen molar-refractivity contribution >= 4 is 43.6 Å². The quantitative estimate of drug-likeness (QED) is 0.175. The first-order valence-electron chi connectivity index (χ1n) is 20.7. The molecule has 3 heterocycles. The van der Waals surface area contributed by atoms with Crippen LogP contribution in [-0.4, -0.2) is 19.1 Å². The van der Waals surface area contributed by atoms with E-state index >= 15 is 0 Å².